The second-order valence-corrected chi connectivity index (χ2v) is 8.99. The number of aryl methyl sites for hydroxylation is 1. The lowest BCUT2D eigenvalue weighted by molar-refractivity contribution is -0.274. The Labute approximate surface area is 228 Å². The number of carbonyl (C=O) groups is 1. The molecule has 206 valence electrons. The smallest absolute Gasteiger partial charge is 0.493 e. The molecule has 0 aliphatic rings. The van der Waals surface area contributed by atoms with Gasteiger partial charge in [-0.15, -0.1) is 13.2 Å². The maximum Gasteiger partial charge on any atom is 0.573 e. The number of halogens is 3. The molecule has 9 heteroatoms. The Bertz CT molecular complexity index is 1640. The van der Waals surface area contributed by atoms with Gasteiger partial charge >= 0.3 is 12.3 Å². The van der Waals surface area contributed by atoms with E-state index in [1.54, 1.807) is 13.0 Å². The molecule has 5 rings (SSSR count). The third-order valence-electron chi connectivity index (χ3n) is 6.31. The van der Waals surface area contributed by atoms with Gasteiger partial charge in [-0.2, -0.15) is 0 Å². The van der Waals surface area contributed by atoms with E-state index in [1.165, 1.54) is 18.2 Å². The van der Waals surface area contributed by atoms with Crippen molar-refractivity contribution in [3.63, 3.8) is 0 Å². The fourth-order valence-corrected chi connectivity index (χ4v) is 4.72. The number of ether oxygens (including phenoxy) is 3. The van der Waals surface area contributed by atoms with Crippen LogP contribution in [0.1, 0.15) is 23.8 Å². The van der Waals surface area contributed by atoms with Gasteiger partial charge in [-0.1, -0.05) is 60.7 Å². The van der Waals surface area contributed by atoms with Crippen molar-refractivity contribution in [2.45, 2.75) is 26.3 Å². The summed E-state index contributed by atoms with van der Waals surface area (Å²) < 4.78 is 55.8. The molecule has 0 saturated heterocycles. The van der Waals surface area contributed by atoms with Gasteiger partial charge in [0.25, 0.3) is 0 Å². The Morgan fingerprint density at radius 1 is 0.900 bits per heavy atom. The fourth-order valence-electron chi connectivity index (χ4n) is 4.72. The largest absolute Gasteiger partial charge is 0.573 e. The Kier molecular flexibility index (Phi) is 7.82. The van der Waals surface area contributed by atoms with E-state index in [0.717, 1.165) is 27.4 Å². The minimum absolute atomic E-state index is 0.166. The molecule has 0 aliphatic heterocycles. The second-order valence-electron chi connectivity index (χ2n) is 8.99. The van der Waals surface area contributed by atoms with Crippen molar-refractivity contribution in [1.29, 1.82) is 0 Å². The van der Waals surface area contributed by atoms with Crippen LogP contribution in [0.2, 0.25) is 0 Å². The third kappa shape index (κ3) is 5.98. The second kappa shape index (κ2) is 11.6. The molecule has 1 N–H and O–H groups in total. The van der Waals surface area contributed by atoms with E-state index in [-0.39, 0.29) is 18.1 Å². The SMILES string of the molecule is CCOC(=O)c1c(Nc2cccc(OC(F)(F)F)c2)c2ccccc2n1CCCOc1cccc2ccccc12. The minimum atomic E-state index is -4.82. The average Bonchev–Trinajstić information content (AvgIpc) is 3.23. The van der Waals surface area contributed by atoms with Crippen molar-refractivity contribution in [2.24, 2.45) is 0 Å². The molecule has 1 aromatic heterocycles. The summed E-state index contributed by atoms with van der Waals surface area (Å²) in [5, 5.41) is 5.97. The number of esters is 1. The minimum Gasteiger partial charge on any atom is -0.493 e. The fraction of sp³-hybridized carbons (Fsp3) is 0.194. The van der Waals surface area contributed by atoms with Crippen LogP contribution in [0.5, 0.6) is 11.5 Å². The maximum atomic E-state index is 13.2. The van der Waals surface area contributed by atoms with Crippen LogP contribution in [0.25, 0.3) is 21.7 Å². The van der Waals surface area contributed by atoms with Crippen LogP contribution in [0.4, 0.5) is 24.5 Å². The number of hydrogen-bond donors (Lipinski definition) is 1. The zero-order valence-electron chi connectivity index (χ0n) is 21.7. The molecule has 4 aromatic carbocycles. The predicted octanol–water partition coefficient (Wildman–Crippen LogP) is 8.08. The van der Waals surface area contributed by atoms with E-state index >= 15 is 0 Å². The molecule has 0 aliphatic carbocycles. The van der Waals surface area contributed by atoms with E-state index in [9.17, 15) is 18.0 Å². The lowest BCUT2D eigenvalue weighted by atomic mass is 10.1. The highest BCUT2D eigenvalue weighted by molar-refractivity contribution is 6.08. The van der Waals surface area contributed by atoms with E-state index in [2.05, 4.69) is 10.1 Å². The van der Waals surface area contributed by atoms with Gasteiger partial charge in [-0.05, 0) is 43.0 Å². The van der Waals surface area contributed by atoms with Crippen molar-refractivity contribution in [1.82, 2.24) is 4.57 Å². The van der Waals surface area contributed by atoms with Gasteiger partial charge in [-0.3, -0.25) is 0 Å². The summed E-state index contributed by atoms with van der Waals surface area (Å²) >= 11 is 0. The zero-order valence-corrected chi connectivity index (χ0v) is 21.7. The van der Waals surface area contributed by atoms with Gasteiger partial charge in [0.2, 0.25) is 0 Å². The molecule has 0 fully saturated rings. The molecule has 0 amide bonds. The molecular formula is C31H27F3N2O4. The van der Waals surface area contributed by atoms with Gasteiger partial charge in [0.1, 0.15) is 11.5 Å². The summed E-state index contributed by atoms with van der Waals surface area (Å²) in [6.07, 6.45) is -4.23. The summed E-state index contributed by atoms with van der Waals surface area (Å²) in [4.78, 5) is 13.2. The standard InChI is InChI=1S/C31H27F3N2O4/c1-2-38-30(37)29-28(35-22-12-8-13-23(20-22)40-31(32,33)34)25-15-5-6-16-26(25)36(29)18-9-19-39-27-17-7-11-21-10-3-4-14-24(21)27/h3-8,10-17,20,35H,2,9,18-19H2,1H3. The molecule has 6 nitrogen and oxygen atoms in total. The highest BCUT2D eigenvalue weighted by Gasteiger charge is 2.31. The molecule has 1 heterocycles. The summed E-state index contributed by atoms with van der Waals surface area (Å²) in [7, 11) is 0. The van der Waals surface area contributed by atoms with E-state index < -0.39 is 12.3 Å². The quantitative estimate of drug-likeness (QED) is 0.141. The van der Waals surface area contributed by atoms with Crippen LogP contribution in [-0.2, 0) is 11.3 Å². The van der Waals surface area contributed by atoms with Gasteiger partial charge in [0, 0.05) is 29.1 Å². The number of aromatic nitrogens is 1. The Balaban J connectivity index is 1.44. The van der Waals surface area contributed by atoms with Gasteiger partial charge in [-0.25, -0.2) is 4.79 Å². The monoisotopic (exact) mass is 548 g/mol. The van der Waals surface area contributed by atoms with Crippen LogP contribution in [0.3, 0.4) is 0 Å². The molecule has 5 aromatic rings. The predicted molar refractivity (Wildman–Crippen MR) is 148 cm³/mol. The lowest BCUT2D eigenvalue weighted by Crippen LogP contribution is -2.17. The van der Waals surface area contributed by atoms with Crippen molar-refractivity contribution in [3.05, 3.63) is 96.7 Å². The number of carbonyl (C=O) groups excluding carboxylic acids is 1. The summed E-state index contributed by atoms with van der Waals surface area (Å²) in [6, 6.07) is 26.8. The first-order chi connectivity index (χ1) is 19.3. The summed E-state index contributed by atoms with van der Waals surface area (Å²) in [5.41, 5.74) is 1.82. The number of hydrogen-bond acceptors (Lipinski definition) is 5. The molecule has 0 bridgehead atoms. The molecule has 0 unspecified atom stereocenters. The van der Waals surface area contributed by atoms with Crippen LogP contribution in [0.15, 0.2) is 91.0 Å². The average molecular weight is 549 g/mol. The molecule has 40 heavy (non-hydrogen) atoms. The normalized spacial score (nSPS) is 11.5. The maximum absolute atomic E-state index is 13.2. The first-order valence-electron chi connectivity index (χ1n) is 12.9. The van der Waals surface area contributed by atoms with Crippen LogP contribution in [0, 0.1) is 0 Å². The summed E-state index contributed by atoms with van der Waals surface area (Å²) in [5.74, 6) is -0.132. The molecular weight excluding hydrogens is 521 g/mol. The number of nitrogens with zero attached hydrogens (tertiary/aromatic N) is 1. The number of anilines is 2. The Hall–Kier alpha value is -4.66. The number of rotatable bonds is 10. The number of fused-ring (bicyclic) bond motifs is 2. The first kappa shape index (κ1) is 26.9. The van der Waals surface area contributed by atoms with Crippen molar-refractivity contribution in [3.8, 4) is 11.5 Å². The Morgan fingerprint density at radius 2 is 1.62 bits per heavy atom. The van der Waals surface area contributed by atoms with Crippen LogP contribution in [-0.4, -0.2) is 30.1 Å². The van der Waals surface area contributed by atoms with Gasteiger partial charge in [0.15, 0.2) is 5.69 Å². The van der Waals surface area contributed by atoms with E-state index in [1.807, 2.05) is 71.3 Å². The van der Waals surface area contributed by atoms with Crippen molar-refractivity contribution >= 4 is 39.0 Å². The number of alkyl halides is 3. The molecule has 0 spiro atoms. The number of nitrogens with one attached hydrogen (secondary N) is 1. The van der Waals surface area contributed by atoms with Crippen LogP contribution < -0.4 is 14.8 Å². The molecule has 0 radical (unpaired) electrons. The zero-order chi connectivity index (χ0) is 28.1. The number of para-hydroxylation sites is 1. The van der Waals surface area contributed by atoms with Crippen LogP contribution >= 0.6 is 0 Å². The summed E-state index contributed by atoms with van der Waals surface area (Å²) in [6.45, 7) is 2.73. The van der Waals surface area contributed by atoms with Gasteiger partial charge < -0.3 is 24.1 Å². The topological polar surface area (TPSA) is 61.7 Å². The highest BCUT2D eigenvalue weighted by Crippen LogP contribution is 2.36. The molecule has 0 atom stereocenters. The number of benzene rings is 4. The van der Waals surface area contributed by atoms with Crippen molar-refractivity contribution < 1.29 is 32.2 Å². The van der Waals surface area contributed by atoms with Gasteiger partial charge in [0.05, 0.1) is 24.4 Å². The van der Waals surface area contributed by atoms with E-state index in [4.69, 9.17) is 9.47 Å². The molecule has 0 saturated carbocycles. The third-order valence-corrected chi connectivity index (χ3v) is 6.31. The lowest BCUT2D eigenvalue weighted by Gasteiger charge is -2.14. The van der Waals surface area contributed by atoms with Crippen molar-refractivity contribution in [2.75, 3.05) is 18.5 Å². The Morgan fingerprint density at radius 3 is 2.42 bits per heavy atom. The van der Waals surface area contributed by atoms with E-state index in [0.29, 0.717) is 30.9 Å². The highest BCUT2D eigenvalue weighted by atomic mass is 19.4. The first-order valence-corrected chi connectivity index (χ1v) is 12.9.